The number of nitrogens with zero attached hydrogens (tertiary/aromatic N) is 3. The van der Waals surface area contributed by atoms with Gasteiger partial charge in [-0.3, -0.25) is 4.90 Å². The molecular formula is C8H15N3O2. The van der Waals surface area contributed by atoms with Gasteiger partial charge in [0.1, 0.15) is 0 Å². The summed E-state index contributed by atoms with van der Waals surface area (Å²) >= 11 is 0. The van der Waals surface area contributed by atoms with E-state index in [-0.39, 0.29) is 6.61 Å². The van der Waals surface area contributed by atoms with Crippen molar-refractivity contribution in [3.63, 3.8) is 0 Å². The zero-order chi connectivity index (χ0) is 9.52. The molecule has 0 aliphatic rings. The van der Waals surface area contributed by atoms with Gasteiger partial charge in [-0.1, -0.05) is 12.1 Å². The van der Waals surface area contributed by atoms with Crippen LogP contribution in [0, 0.1) is 0 Å². The lowest BCUT2D eigenvalue weighted by Gasteiger charge is -2.17. The molecule has 1 N–H and O–H groups in total. The van der Waals surface area contributed by atoms with Crippen molar-refractivity contribution in [1.82, 2.24) is 15.0 Å². The van der Waals surface area contributed by atoms with E-state index < -0.39 is 0 Å². The molecule has 0 saturated heterocycles. The van der Waals surface area contributed by atoms with Crippen LogP contribution < -0.4 is 0 Å². The van der Waals surface area contributed by atoms with Crippen molar-refractivity contribution in [1.29, 1.82) is 0 Å². The Morgan fingerprint density at radius 1 is 1.62 bits per heavy atom. The lowest BCUT2D eigenvalue weighted by atomic mass is 10.4. The molecule has 0 aromatic carbocycles. The number of aliphatic hydroxyl groups is 1. The van der Waals surface area contributed by atoms with E-state index in [1.807, 2.05) is 0 Å². The van der Waals surface area contributed by atoms with E-state index in [1.165, 1.54) is 6.39 Å². The summed E-state index contributed by atoms with van der Waals surface area (Å²) in [5.74, 6) is 0.694. The van der Waals surface area contributed by atoms with Crippen molar-refractivity contribution >= 4 is 0 Å². The molecule has 1 rings (SSSR count). The molecule has 0 radical (unpaired) electrons. The van der Waals surface area contributed by atoms with Gasteiger partial charge in [0.05, 0.1) is 6.54 Å². The van der Waals surface area contributed by atoms with Crippen LogP contribution in [0.15, 0.2) is 10.9 Å². The normalized spacial score (nSPS) is 11.0. The second-order valence-corrected chi connectivity index (χ2v) is 2.79. The molecule has 0 amide bonds. The Hall–Kier alpha value is -0.940. The maximum absolute atomic E-state index is 8.66. The Balaban J connectivity index is 2.31. The van der Waals surface area contributed by atoms with E-state index in [4.69, 9.17) is 5.11 Å². The number of aliphatic hydroxyl groups excluding tert-OH is 1. The van der Waals surface area contributed by atoms with Gasteiger partial charge in [0.2, 0.25) is 6.39 Å². The molecule has 0 bridgehead atoms. The van der Waals surface area contributed by atoms with E-state index in [0.717, 1.165) is 19.5 Å². The van der Waals surface area contributed by atoms with E-state index in [2.05, 4.69) is 26.5 Å². The summed E-state index contributed by atoms with van der Waals surface area (Å²) in [6, 6.07) is 0. The third-order valence-corrected chi connectivity index (χ3v) is 1.85. The SMILES string of the molecule is CCN(CCCO)Cc1ncon1. The van der Waals surface area contributed by atoms with Crippen LogP contribution in [0.1, 0.15) is 19.2 Å². The van der Waals surface area contributed by atoms with Crippen molar-refractivity contribution in [2.75, 3.05) is 19.7 Å². The van der Waals surface area contributed by atoms with Crippen molar-refractivity contribution in [3.05, 3.63) is 12.2 Å². The minimum Gasteiger partial charge on any atom is -0.396 e. The smallest absolute Gasteiger partial charge is 0.213 e. The van der Waals surface area contributed by atoms with Crippen molar-refractivity contribution < 1.29 is 9.63 Å². The summed E-state index contributed by atoms with van der Waals surface area (Å²) in [7, 11) is 0. The van der Waals surface area contributed by atoms with Gasteiger partial charge in [-0.25, -0.2) is 0 Å². The molecular weight excluding hydrogens is 170 g/mol. The third-order valence-electron chi connectivity index (χ3n) is 1.85. The molecule has 1 heterocycles. The van der Waals surface area contributed by atoms with E-state index in [9.17, 15) is 0 Å². The monoisotopic (exact) mass is 185 g/mol. The van der Waals surface area contributed by atoms with Crippen LogP contribution in [0.5, 0.6) is 0 Å². The zero-order valence-electron chi connectivity index (χ0n) is 7.81. The summed E-state index contributed by atoms with van der Waals surface area (Å²) < 4.78 is 4.63. The maximum atomic E-state index is 8.66. The average molecular weight is 185 g/mol. The number of aromatic nitrogens is 2. The second-order valence-electron chi connectivity index (χ2n) is 2.79. The van der Waals surface area contributed by atoms with Gasteiger partial charge in [-0.15, -0.1) is 0 Å². The van der Waals surface area contributed by atoms with Crippen LogP contribution in [-0.4, -0.2) is 39.8 Å². The van der Waals surface area contributed by atoms with Crippen molar-refractivity contribution in [2.24, 2.45) is 0 Å². The summed E-state index contributed by atoms with van der Waals surface area (Å²) in [6.07, 6.45) is 2.11. The summed E-state index contributed by atoms with van der Waals surface area (Å²) in [5, 5.41) is 12.4. The van der Waals surface area contributed by atoms with Crippen molar-refractivity contribution in [3.8, 4) is 0 Å². The fraction of sp³-hybridized carbons (Fsp3) is 0.750. The largest absolute Gasteiger partial charge is 0.396 e. The first-order valence-corrected chi connectivity index (χ1v) is 4.45. The molecule has 5 heteroatoms. The summed E-state index contributed by atoms with van der Waals surface area (Å²) in [4.78, 5) is 6.08. The van der Waals surface area contributed by atoms with Gasteiger partial charge in [-0.05, 0) is 13.0 Å². The Morgan fingerprint density at radius 3 is 3.00 bits per heavy atom. The van der Waals surface area contributed by atoms with Crippen molar-refractivity contribution in [2.45, 2.75) is 19.9 Å². The number of hydrogen-bond donors (Lipinski definition) is 1. The molecule has 0 unspecified atom stereocenters. The minimum absolute atomic E-state index is 0.225. The van der Waals surface area contributed by atoms with E-state index >= 15 is 0 Å². The van der Waals surface area contributed by atoms with Gasteiger partial charge < -0.3 is 9.63 Å². The Bertz CT molecular complexity index is 213. The topological polar surface area (TPSA) is 62.4 Å². The lowest BCUT2D eigenvalue weighted by Crippen LogP contribution is -2.25. The van der Waals surface area contributed by atoms with Gasteiger partial charge in [0, 0.05) is 13.2 Å². The first-order valence-electron chi connectivity index (χ1n) is 4.45. The Kier molecular flexibility index (Phi) is 4.42. The molecule has 0 aliphatic carbocycles. The quantitative estimate of drug-likeness (QED) is 0.689. The van der Waals surface area contributed by atoms with Gasteiger partial charge in [0.25, 0.3) is 0 Å². The van der Waals surface area contributed by atoms with Crippen LogP contribution in [0.2, 0.25) is 0 Å². The molecule has 1 aromatic rings. The fourth-order valence-electron chi connectivity index (χ4n) is 1.11. The first-order chi connectivity index (χ1) is 6.36. The number of rotatable bonds is 6. The molecule has 0 atom stereocenters. The highest BCUT2D eigenvalue weighted by Gasteiger charge is 2.05. The molecule has 5 nitrogen and oxygen atoms in total. The maximum Gasteiger partial charge on any atom is 0.213 e. The zero-order valence-corrected chi connectivity index (χ0v) is 7.81. The second kappa shape index (κ2) is 5.66. The van der Waals surface area contributed by atoms with Crippen LogP contribution in [-0.2, 0) is 6.54 Å². The Labute approximate surface area is 77.4 Å². The standard InChI is InChI=1S/C8H15N3O2/c1-2-11(4-3-5-12)6-8-9-7-13-10-8/h7,12H,2-6H2,1H3. The van der Waals surface area contributed by atoms with Gasteiger partial charge in [-0.2, -0.15) is 4.98 Å². The first kappa shape index (κ1) is 10.1. The van der Waals surface area contributed by atoms with Crippen LogP contribution in [0.3, 0.4) is 0 Å². The summed E-state index contributed by atoms with van der Waals surface area (Å²) in [5.41, 5.74) is 0. The van der Waals surface area contributed by atoms with E-state index in [1.54, 1.807) is 0 Å². The van der Waals surface area contributed by atoms with Crippen LogP contribution >= 0.6 is 0 Å². The molecule has 0 spiro atoms. The van der Waals surface area contributed by atoms with Crippen LogP contribution in [0.25, 0.3) is 0 Å². The molecule has 74 valence electrons. The Morgan fingerprint density at radius 2 is 2.46 bits per heavy atom. The highest BCUT2D eigenvalue weighted by Crippen LogP contribution is 1.98. The molecule has 1 aromatic heterocycles. The predicted octanol–water partition coefficient (Wildman–Crippen LogP) is 0.274. The van der Waals surface area contributed by atoms with Gasteiger partial charge in [0.15, 0.2) is 5.82 Å². The third kappa shape index (κ3) is 3.52. The highest BCUT2D eigenvalue weighted by atomic mass is 16.5. The highest BCUT2D eigenvalue weighted by molar-refractivity contribution is 4.77. The lowest BCUT2D eigenvalue weighted by molar-refractivity contribution is 0.220. The predicted molar refractivity (Wildman–Crippen MR) is 47.0 cm³/mol. The molecule has 0 aliphatic heterocycles. The van der Waals surface area contributed by atoms with E-state index in [0.29, 0.717) is 12.4 Å². The fourth-order valence-corrected chi connectivity index (χ4v) is 1.11. The van der Waals surface area contributed by atoms with Crippen LogP contribution in [0.4, 0.5) is 0 Å². The molecule has 0 saturated carbocycles. The number of hydrogen-bond acceptors (Lipinski definition) is 5. The average Bonchev–Trinajstić information content (AvgIpc) is 2.64. The van der Waals surface area contributed by atoms with Gasteiger partial charge >= 0.3 is 0 Å². The summed E-state index contributed by atoms with van der Waals surface area (Å²) in [6.45, 7) is 4.77. The molecule has 0 fully saturated rings. The minimum atomic E-state index is 0.225. The molecule has 13 heavy (non-hydrogen) atoms.